The van der Waals surface area contributed by atoms with Crippen LogP contribution in [-0.2, 0) is 12.3 Å². The van der Waals surface area contributed by atoms with Gasteiger partial charge in [0.1, 0.15) is 6.26 Å². The van der Waals surface area contributed by atoms with Crippen LogP contribution >= 0.6 is 34.7 Å². The van der Waals surface area contributed by atoms with Gasteiger partial charge in [0.25, 0.3) is 0 Å². The number of hydrogen-bond acceptors (Lipinski definition) is 6. The molecule has 0 saturated heterocycles. The Hall–Kier alpha value is -2.09. The van der Waals surface area contributed by atoms with E-state index >= 15 is 0 Å². The van der Waals surface area contributed by atoms with E-state index < -0.39 is 0 Å². The van der Waals surface area contributed by atoms with E-state index in [1.54, 1.807) is 29.4 Å². The summed E-state index contributed by atoms with van der Waals surface area (Å²) in [5, 5.41) is 12.2. The molecular formula is C18H15ClN4OS2. The van der Waals surface area contributed by atoms with Crippen molar-refractivity contribution in [3.63, 3.8) is 0 Å². The molecule has 3 heterocycles. The zero-order chi connectivity index (χ0) is 17.9. The third-order valence-corrected chi connectivity index (χ3v) is 5.84. The molecule has 0 bridgehead atoms. The smallest absolute Gasteiger partial charge is 0.236 e. The fraction of sp³-hybridized carbons (Fsp3) is 0.167. The first kappa shape index (κ1) is 17.3. The van der Waals surface area contributed by atoms with E-state index in [4.69, 9.17) is 16.0 Å². The second-order valence-corrected chi connectivity index (χ2v) is 7.80. The van der Waals surface area contributed by atoms with Gasteiger partial charge in [-0.15, -0.1) is 21.5 Å². The monoisotopic (exact) mass is 402 g/mol. The molecular weight excluding hydrogens is 388 g/mol. The molecule has 4 rings (SSSR count). The Morgan fingerprint density at radius 3 is 2.92 bits per heavy atom. The number of halogens is 1. The fourth-order valence-corrected chi connectivity index (χ4v) is 4.27. The highest BCUT2D eigenvalue weighted by atomic mass is 35.5. The minimum atomic E-state index is 0.659. The summed E-state index contributed by atoms with van der Waals surface area (Å²) in [4.78, 5) is 5.58. The van der Waals surface area contributed by atoms with Crippen molar-refractivity contribution in [3.05, 3.63) is 58.8 Å². The van der Waals surface area contributed by atoms with E-state index in [0.29, 0.717) is 16.7 Å². The van der Waals surface area contributed by atoms with Crippen molar-refractivity contribution in [1.29, 1.82) is 0 Å². The first-order valence-electron chi connectivity index (χ1n) is 8.05. The lowest BCUT2D eigenvalue weighted by Crippen LogP contribution is -2.00. The van der Waals surface area contributed by atoms with Crippen LogP contribution in [0.4, 0.5) is 0 Å². The Labute approximate surface area is 164 Å². The predicted molar refractivity (Wildman–Crippen MR) is 106 cm³/mol. The Kier molecular flexibility index (Phi) is 5.10. The van der Waals surface area contributed by atoms with Gasteiger partial charge in [0.05, 0.1) is 10.6 Å². The lowest BCUT2D eigenvalue weighted by Gasteiger charge is -2.07. The number of aromatic nitrogens is 4. The summed E-state index contributed by atoms with van der Waals surface area (Å²) in [5.41, 5.74) is 1.84. The number of thiophene rings is 1. The van der Waals surface area contributed by atoms with Gasteiger partial charge in [-0.25, -0.2) is 4.98 Å². The second kappa shape index (κ2) is 7.65. The third-order valence-electron chi connectivity index (χ3n) is 3.75. The quantitative estimate of drug-likeness (QED) is 0.391. The highest BCUT2D eigenvalue weighted by Gasteiger charge is 2.15. The number of benzene rings is 1. The first-order valence-corrected chi connectivity index (χ1v) is 10.3. The van der Waals surface area contributed by atoms with Gasteiger partial charge in [-0.05, 0) is 30.5 Å². The van der Waals surface area contributed by atoms with Crippen LogP contribution in [0.5, 0.6) is 0 Å². The van der Waals surface area contributed by atoms with Crippen LogP contribution in [0, 0.1) is 0 Å². The van der Waals surface area contributed by atoms with E-state index in [1.165, 1.54) is 0 Å². The van der Waals surface area contributed by atoms with Crippen LogP contribution in [0.3, 0.4) is 0 Å². The molecule has 0 N–H and O–H groups in total. The van der Waals surface area contributed by atoms with E-state index in [2.05, 4.69) is 26.7 Å². The van der Waals surface area contributed by atoms with Crippen molar-refractivity contribution >= 4 is 34.7 Å². The van der Waals surface area contributed by atoms with E-state index in [1.807, 2.05) is 41.8 Å². The number of hydrogen-bond donors (Lipinski definition) is 0. The molecule has 26 heavy (non-hydrogen) atoms. The van der Waals surface area contributed by atoms with E-state index in [9.17, 15) is 0 Å². The summed E-state index contributed by atoms with van der Waals surface area (Å²) in [7, 11) is 0. The molecule has 5 nitrogen and oxygen atoms in total. The Balaban J connectivity index is 1.52. The topological polar surface area (TPSA) is 56.7 Å². The van der Waals surface area contributed by atoms with Crippen molar-refractivity contribution in [2.24, 2.45) is 0 Å². The number of nitrogens with zero attached hydrogens (tertiary/aromatic N) is 4. The van der Waals surface area contributed by atoms with Gasteiger partial charge in [0.15, 0.2) is 11.0 Å². The van der Waals surface area contributed by atoms with Crippen molar-refractivity contribution in [3.8, 4) is 22.2 Å². The molecule has 132 valence electrons. The van der Waals surface area contributed by atoms with Crippen molar-refractivity contribution < 1.29 is 4.42 Å². The molecule has 0 unspecified atom stereocenters. The van der Waals surface area contributed by atoms with Gasteiger partial charge in [-0.2, -0.15) is 0 Å². The van der Waals surface area contributed by atoms with Crippen molar-refractivity contribution in [2.75, 3.05) is 0 Å². The Bertz CT molecular complexity index is 1010. The molecule has 0 aliphatic rings. The summed E-state index contributed by atoms with van der Waals surface area (Å²) in [6.45, 7) is 2.85. The molecule has 0 aliphatic heterocycles. The summed E-state index contributed by atoms with van der Waals surface area (Å²) in [6, 6.07) is 11.6. The van der Waals surface area contributed by atoms with Gasteiger partial charge < -0.3 is 8.98 Å². The van der Waals surface area contributed by atoms with Crippen LogP contribution in [0.25, 0.3) is 22.2 Å². The molecule has 8 heteroatoms. The SMILES string of the molecule is CCn1c(SCc2coc(-c3cccs3)n2)nnc1-c1cccc(Cl)c1. The zero-order valence-electron chi connectivity index (χ0n) is 13.9. The second-order valence-electron chi connectivity index (χ2n) is 5.47. The lowest BCUT2D eigenvalue weighted by atomic mass is 10.2. The lowest BCUT2D eigenvalue weighted by molar-refractivity contribution is 0.575. The Morgan fingerprint density at radius 1 is 1.23 bits per heavy atom. The molecule has 0 fully saturated rings. The molecule has 0 amide bonds. The van der Waals surface area contributed by atoms with Gasteiger partial charge in [0.2, 0.25) is 5.89 Å². The van der Waals surface area contributed by atoms with Gasteiger partial charge >= 0.3 is 0 Å². The van der Waals surface area contributed by atoms with Gasteiger partial charge in [-0.3, -0.25) is 0 Å². The fourth-order valence-electron chi connectivity index (χ4n) is 2.55. The predicted octanol–water partition coefficient (Wildman–Crippen LogP) is 5.63. The average Bonchev–Trinajstić information content (AvgIpc) is 3.38. The minimum absolute atomic E-state index is 0.659. The van der Waals surface area contributed by atoms with Crippen LogP contribution in [0.15, 0.2) is 57.6 Å². The zero-order valence-corrected chi connectivity index (χ0v) is 16.3. The minimum Gasteiger partial charge on any atom is -0.444 e. The maximum atomic E-state index is 6.10. The van der Waals surface area contributed by atoms with E-state index in [0.717, 1.165) is 33.7 Å². The highest BCUT2D eigenvalue weighted by Crippen LogP contribution is 2.29. The summed E-state index contributed by atoms with van der Waals surface area (Å²) in [6.07, 6.45) is 1.70. The maximum Gasteiger partial charge on any atom is 0.236 e. The molecule has 0 spiro atoms. The van der Waals surface area contributed by atoms with Gasteiger partial charge in [-0.1, -0.05) is 41.6 Å². The average molecular weight is 403 g/mol. The number of thioether (sulfide) groups is 1. The molecule has 0 radical (unpaired) electrons. The number of rotatable bonds is 6. The van der Waals surface area contributed by atoms with Crippen molar-refractivity contribution in [2.45, 2.75) is 24.4 Å². The molecule has 0 atom stereocenters. The largest absolute Gasteiger partial charge is 0.444 e. The molecule has 0 aliphatic carbocycles. The molecule has 4 aromatic rings. The summed E-state index contributed by atoms with van der Waals surface area (Å²) in [5.74, 6) is 2.15. The van der Waals surface area contributed by atoms with Crippen LogP contribution < -0.4 is 0 Å². The summed E-state index contributed by atoms with van der Waals surface area (Å²) < 4.78 is 7.65. The normalized spacial score (nSPS) is 11.2. The number of oxazole rings is 1. The maximum absolute atomic E-state index is 6.10. The standard InChI is InChI=1S/C18H15ClN4OS2/c1-2-23-16(12-5-3-6-13(19)9-12)21-22-18(23)26-11-14-10-24-17(20-14)15-7-4-8-25-15/h3-10H,2,11H2,1H3. The third kappa shape index (κ3) is 3.56. The van der Waals surface area contributed by atoms with Gasteiger partial charge in [0, 0.05) is 22.9 Å². The van der Waals surface area contributed by atoms with Crippen LogP contribution in [0.2, 0.25) is 5.02 Å². The molecule has 3 aromatic heterocycles. The van der Waals surface area contributed by atoms with Crippen LogP contribution in [-0.4, -0.2) is 19.7 Å². The highest BCUT2D eigenvalue weighted by molar-refractivity contribution is 7.98. The first-order chi connectivity index (χ1) is 12.7. The molecule has 0 saturated carbocycles. The van der Waals surface area contributed by atoms with Crippen LogP contribution in [0.1, 0.15) is 12.6 Å². The Morgan fingerprint density at radius 2 is 2.15 bits per heavy atom. The van der Waals surface area contributed by atoms with Crippen molar-refractivity contribution in [1.82, 2.24) is 19.7 Å². The van der Waals surface area contributed by atoms with E-state index in [-0.39, 0.29) is 0 Å². The summed E-state index contributed by atoms with van der Waals surface area (Å²) >= 11 is 9.31. The molecule has 1 aromatic carbocycles.